The van der Waals surface area contributed by atoms with Gasteiger partial charge in [0.1, 0.15) is 11.0 Å². The van der Waals surface area contributed by atoms with Crippen LogP contribution in [0.15, 0.2) is 29.2 Å². The van der Waals surface area contributed by atoms with Crippen molar-refractivity contribution in [3.05, 3.63) is 57.9 Å². The van der Waals surface area contributed by atoms with Crippen LogP contribution in [0.25, 0.3) is 0 Å². The molecule has 2 aromatic rings. The van der Waals surface area contributed by atoms with E-state index in [1.807, 2.05) is 0 Å². The van der Waals surface area contributed by atoms with Crippen LogP contribution in [-0.4, -0.2) is 35.0 Å². The third-order valence-corrected chi connectivity index (χ3v) is 15.3. The van der Waals surface area contributed by atoms with Gasteiger partial charge in [-0.05, 0) is 59.4 Å². The van der Waals surface area contributed by atoms with Crippen LogP contribution in [0.3, 0.4) is 0 Å². The van der Waals surface area contributed by atoms with Gasteiger partial charge in [0.2, 0.25) is 0 Å². The van der Waals surface area contributed by atoms with Crippen molar-refractivity contribution in [1.82, 2.24) is 4.98 Å². The minimum atomic E-state index is -9.82. The van der Waals surface area contributed by atoms with E-state index in [2.05, 4.69) is 61.6 Å². The number of ether oxygens (including phenoxy) is 2. The zero-order valence-electron chi connectivity index (χ0n) is 27.4. The van der Waals surface area contributed by atoms with E-state index in [1.54, 1.807) is 0 Å². The van der Waals surface area contributed by atoms with Crippen LogP contribution >= 0.6 is 20.5 Å². The SMILES string of the molecule is CCS(C)(O[C@H]1CC(C)(C)Cc2nc(C(C)C)c3c(c21)C1(CCOCC1)O[C@@H]3c1ccc(S(F)(F)(F)(F)F)cc1)C(C)(C)C. The van der Waals surface area contributed by atoms with Gasteiger partial charge in [-0.1, -0.05) is 87.0 Å². The van der Waals surface area contributed by atoms with Crippen molar-refractivity contribution in [3.63, 3.8) is 0 Å². The summed E-state index contributed by atoms with van der Waals surface area (Å²) in [6, 6.07) is 3.25. The molecule has 5 rings (SSSR count). The van der Waals surface area contributed by atoms with E-state index in [1.165, 1.54) is 0 Å². The van der Waals surface area contributed by atoms with Gasteiger partial charge in [-0.15, -0.1) is 10.3 Å². The topological polar surface area (TPSA) is 40.6 Å². The first-order valence-corrected chi connectivity index (χ1v) is 19.6. The molecule has 1 spiro atoms. The van der Waals surface area contributed by atoms with Gasteiger partial charge in [-0.2, -0.15) is 0 Å². The second kappa shape index (κ2) is 10.1. The summed E-state index contributed by atoms with van der Waals surface area (Å²) in [6.07, 6.45) is 3.95. The Bertz CT molecular complexity index is 1430. The Labute approximate surface area is 261 Å². The highest BCUT2D eigenvalue weighted by Crippen LogP contribution is 3.02. The van der Waals surface area contributed by atoms with Crippen molar-refractivity contribution in [2.24, 2.45) is 5.41 Å². The van der Waals surface area contributed by atoms with Gasteiger partial charge in [0.05, 0.1) is 11.7 Å². The molecule has 0 amide bonds. The zero-order valence-corrected chi connectivity index (χ0v) is 29.0. The Morgan fingerprint density at radius 1 is 1.02 bits per heavy atom. The molecular formula is C33H48F5NO3S2. The molecule has 1 aromatic heterocycles. The number of aromatic nitrogens is 1. The lowest BCUT2D eigenvalue weighted by molar-refractivity contribution is -0.122. The van der Waals surface area contributed by atoms with Crippen molar-refractivity contribution in [3.8, 4) is 0 Å². The Kier molecular flexibility index (Phi) is 7.75. The minimum Gasteiger partial charge on any atom is -0.381 e. The fourth-order valence-electron chi connectivity index (χ4n) is 7.02. The fourth-order valence-corrected chi connectivity index (χ4v) is 9.64. The van der Waals surface area contributed by atoms with E-state index < -0.39 is 37.1 Å². The molecule has 1 saturated heterocycles. The second-order valence-corrected chi connectivity index (χ2v) is 21.4. The van der Waals surface area contributed by atoms with Crippen LogP contribution in [0.4, 0.5) is 19.4 Å². The molecule has 0 bridgehead atoms. The van der Waals surface area contributed by atoms with E-state index in [4.69, 9.17) is 18.6 Å². The lowest BCUT2D eigenvalue weighted by atomic mass is 9.70. The standard InChI is InChI=1S/C33H48F5NO3S2/c1-10-43(9,31(4,5)6)42-25-20-32(7,8)19-24-26(25)28-27(29(39-24)21(2)3)30(41-33(28)15-17-40-18-16-33)22-11-13-23(14-12-22)44(34,35,36,37)38/h11-14,21,25,30H,10,15-20H2,1-9H3/t25-,30+/m0/s1. The van der Waals surface area contributed by atoms with Gasteiger partial charge in [0.15, 0.2) is 0 Å². The first kappa shape index (κ1) is 33.9. The number of nitrogens with zero attached hydrogens (tertiary/aromatic N) is 1. The van der Waals surface area contributed by atoms with Crippen LogP contribution in [-0.2, 0) is 25.7 Å². The predicted octanol–water partition coefficient (Wildman–Crippen LogP) is 11.2. The summed E-state index contributed by atoms with van der Waals surface area (Å²) in [5, 5.41) is 0. The zero-order chi connectivity index (χ0) is 32.8. The van der Waals surface area contributed by atoms with Crippen molar-refractivity contribution in [1.29, 1.82) is 0 Å². The summed E-state index contributed by atoms with van der Waals surface area (Å²) in [4.78, 5) is 3.40. The smallest absolute Gasteiger partial charge is 0.310 e. The van der Waals surface area contributed by atoms with Gasteiger partial charge < -0.3 is 13.7 Å². The summed E-state index contributed by atoms with van der Waals surface area (Å²) in [6.45, 7) is 18.4. The number of rotatable bonds is 6. The maximum Gasteiger partial charge on any atom is 0.310 e. The third-order valence-electron chi connectivity index (χ3n) is 9.80. The van der Waals surface area contributed by atoms with Crippen LogP contribution in [0.1, 0.15) is 126 Å². The Morgan fingerprint density at radius 3 is 2.11 bits per heavy atom. The fraction of sp³-hybridized carbons (Fsp3) is 0.667. The van der Waals surface area contributed by atoms with Crippen LogP contribution in [0.5, 0.6) is 0 Å². The molecular weight excluding hydrogens is 617 g/mol. The molecule has 3 heterocycles. The monoisotopic (exact) mass is 665 g/mol. The number of pyridine rings is 1. The Morgan fingerprint density at radius 2 is 1.61 bits per heavy atom. The molecule has 1 unspecified atom stereocenters. The van der Waals surface area contributed by atoms with Gasteiger partial charge in [-0.3, -0.25) is 4.98 Å². The molecule has 1 aromatic carbocycles. The summed E-state index contributed by atoms with van der Waals surface area (Å²) in [5.41, 5.74) is 4.33. The number of fused-ring (bicyclic) bond motifs is 4. The lowest BCUT2D eigenvalue weighted by Crippen LogP contribution is -2.38. The Balaban J connectivity index is 1.77. The number of benzene rings is 1. The molecule has 0 saturated carbocycles. The first-order valence-electron chi connectivity index (χ1n) is 15.5. The van der Waals surface area contributed by atoms with Crippen LogP contribution in [0, 0.1) is 5.41 Å². The van der Waals surface area contributed by atoms with Crippen molar-refractivity contribution >= 4 is 20.5 Å². The largest absolute Gasteiger partial charge is 0.381 e. The Hall–Kier alpha value is -1.40. The average molecular weight is 666 g/mol. The predicted molar refractivity (Wildman–Crippen MR) is 171 cm³/mol. The lowest BCUT2D eigenvalue weighted by Gasteiger charge is -2.51. The number of halogens is 5. The van der Waals surface area contributed by atoms with Gasteiger partial charge in [0.25, 0.3) is 0 Å². The van der Waals surface area contributed by atoms with Gasteiger partial charge >= 0.3 is 10.2 Å². The molecule has 0 radical (unpaired) electrons. The first-order chi connectivity index (χ1) is 19.9. The summed E-state index contributed by atoms with van der Waals surface area (Å²) in [7, 11) is -11.4. The van der Waals surface area contributed by atoms with Crippen molar-refractivity contribution in [2.45, 2.75) is 114 Å². The maximum absolute atomic E-state index is 13.6. The molecule has 3 aliphatic rings. The highest BCUT2D eigenvalue weighted by molar-refractivity contribution is 8.45. The van der Waals surface area contributed by atoms with E-state index in [0.29, 0.717) is 43.8 Å². The molecule has 250 valence electrons. The van der Waals surface area contributed by atoms with Crippen LogP contribution < -0.4 is 0 Å². The molecule has 0 N–H and O–H groups in total. The molecule has 11 heteroatoms. The second-order valence-electron chi connectivity index (χ2n) is 15.0. The molecule has 2 aliphatic heterocycles. The normalized spacial score (nSPS) is 26.8. The van der Waals surface area contributed by atoms with Crippen molar-refractivity contribution in [2.75, 3.05) is 25.2 Å². The van der Waals surface area contributed by atoms with E-state index in [0.717, 1.165) is 58.8 Å². The van der Waals surface area contributed by atoms with Crippen LogP contribution in [0.2, 0.25) is 0 Å². The van der Waals surface area contributed by atoms with Crippen molar-refractivity contribution < 1.29 is 33.1 Å². The maximum atomic E-state index is 13.6. The summed E-state index contributed by atoms with van der Waals surface area (Å²) in [5.74, 6) is 0.878. The molecule has 1 fully saturated rings. The van der Waals surface area contributed by atoms with E-state index >= 15 is 0 Å². The molecule has 4 nitrogen and oxygen atoms in total. The number of hydrogen-bond donors (Lipinski definition) is 0. The summed E-state index contributed by atoms with van der Waals surface area (Å²) >= 11 is 0. The number of hydrogen-bond acceptors (Lipinski definition) is 4. The minimum absolute atomic E-state index is 0.00961. The summed E-state index contributed by atoms with van der Waals surface area (Å²) < 4.78 is 88.1. The highest BCUT2D eigenvalue weighted by atomic mass is 32.5. The van der Waals surface area contributed by atoms with Gasteiger partial charge in [0, 0.05) is 53.3 Å². The molecule has 1 aliphatic carbocycles. The van der Waals surface area contributed by atoms with E-state index in [9.17, 15) is 19.4 Å². The third kappa shape index (κ3) is 6.05. The van der Waals surface area contributed by atoms with Gasteiger partial charge in [-0.25, -0.2) is 0 Å². The molecule has 44 heavy (non-hydrogen) atoms. The highest BCUT2D eigenvalue weighted by Gasteiger charge is 2.65. The van der Waals surface area contributed by atoms with E-state index in [-0.39, 0.29) is 22.2 Å². The molecule has 3 atom stereocenters. The average Bonchev–Trinajstić information content (AvgIpc) is 3.19. The quantitative estimate of drug-likeness (QED) is 0.288.